The Labute approximate surface area is 364 Å². The van der Waals surface area contributed by atoms with Crippen LogP contribution in [0.4, 0.5) is 5.69 Å². The van der Waals surface area contributed by atoms with E-state index in [4.69, 9.17) is 24.8 Å². The Bertz CT molecular complexity index is 2020. The van der Waals surface area contributed by atoms with E-state index >= 15 is 0 Å². The lowest BCUT2D eigenvalue weighted by molar-refractivity contribution is -0.164. The third-order valence-corrected chi connectivity index (χ3v) is 13.9. The Hall–Kier alpha value is -4.39. The largest absolute Gasteiger partial charge is 0.368 e. The molecule has 2 bridgehead atoms. The van der Waals surface area contributed by atoms with E-state index in [1.807, 2.05) is 17.7 Å². The monoisotopic (exact) mass is 831 g/mol. The zero-order valence-electron chi connectivity index (χ0n) is 36.9. The Morgan fingerprint density at radius 2 is 1.52 bits per heavy atom. The first-order chi connectivity index (χ1) is 30.0. The lowest BCUT2D eigenvalue weighted by atomic mass is 9.75. The molecule has 12 heteroatoms. The van der Waals surface area contributed by atoms with E-state index in [1.54, 1.807) is 29.3 Å². The van der Waals surface area contributed by atoms with Crippen LogP contribution in [0.15, 0.2) is 36.9 Å². The summed E-state index contributed by atoms with van der Waals surface area (Å²) >= 11 is 0. The van der Waals surface area contributed by atoms with Crippen LogP contribution in [0.5, 0.6) is 0 Å². The molecule has 3 fully saturated rings. The summed E-state index contributed by atoms with van der Waals surface area (Å²) < 4.78 is 15.8. The van der Waals surface area contributed by atoms with Crippen molar-refractivity contribution in [1.82, 2.24) is 34.7 Å². The first-order valence-corrected chi connectivity index (χ1v) is 24.1. The quantitative estimate of drug-likeness (QED) is 0.172. The zero-order valence-corrected chi connectivity index (χ0v) is 36.9. The minimum absolute atomic E-state index is 0.0351. The van der Waals surface area contributed by atoms with E-state index in [0.717, 1.165) is 68.5 Å². The lowest BCUT2D eigenvalue weighted by Gasteiger charge is -2.30. The molecule has 12 nitrogen and oxygen atoms in total. The Morgan fingerprint density at radius 1 is 0.820 bits per heavy atom. The Kier molecular flexibility index (Phi) is 17.0. The number of pyridine rings is 2. The van der Waals surface area contributed by atoms with E-state index in [0.29, 0.717) is 34.6 Å². The fraction of sp³-hybridized carbons (Fsp3) is 0.694. The number of hydrogen-bond donors (Lipinski definition) is 1. The van der Waals surface area contributed by atoms with Crippen LogP contribution in [0.1, 0.15) is 185 Å². The molecule has 1 N–H and O–H groups in total. The minimum atomic E-state index is -0.462. The molecule has 1 saturated heterocycles. The summed E-state index contributed by atoms with van der Waals surface area (Å²) in [5, 5.41) is 37.7. The minimum Gasteiger partial charge on any atom is -0.368 e. The van der Waals surface area contributed by atoms with Gasteiger partial charge in [0.15, 0.2) is 17.8 Å². The van der Waals surface area contributed by atoms with Gasteiger partial charge in [0.2, 0.25) is 0 Å². The van der Waals surface area contributed by atoms with Crippen molar-refractivity contribution in [3.8, 4) is 23.6 Å². The maximum Gasteiger partial charge on any atom is 0.164 e. The number of rotatable bonds is 9. The topological polar surface area (TPSA) is 152 Å². The van der Waals surface area contributed by atoms with Crippen molar-refractivity contribution in [2.24, 2.45) is 11.8 Å². The molecule has 61 heavy (non-hydrogen) atoms. The summed E-state index contributed by atoms with van der Waals surface area (Å²) in [4.78, 5) is 9.33. The van der Waals surface area contributed by atoms with E-state index in [-0.39, 0.29) is 11.7 Å². The van der Waals surface area contributed by atoms with E-state index < -0.39 is 6.04 Å². The highest BCUT2D eigenvalue weighted by molar-refractivity contribution is 5.77. The van der Waals surface area contributed by atoms with Crippen molar-refractivity contribution in [3.63, 3.8) is 0 Å². The number of ether oxygens (including phenoxy) is 2. The molecule has 5 heterocycles. The molecule has 0 aromatic carbocycles. The van der Waals surface area contributed by atoms with Gasteiger partial charge in [-0.3, -0.25) is 0 Å². The van der Waals surface area contributed by atoms with Gasteiger partial charge in [-0.1, -0.05) is 114 Å². The van der Waals surface area contributed by atoms with Crippen LogP contribution in [0.3, 0.4) is 0 Å². The highest BCUT2D eigenvalue weighted by atomic mass is 16.7. The molecule has 4 unspecified atom stereocenters. The predicted molar refractivity (Wildman–Crippen MR) is 239 cm³/mol. The molecular weight excluding hydrogens is 761 g/mol. The van der Waals surface area contributed by atoms with Crippen molar-refractivity contribution >= 4 is 16.7 Å². The number of aromatic nitrogens is 7. The van der Waals surface area contributed by atoms with Crippen LogP contribution in [-0.2, 0) is 14.9 Å². The third kappa shape index (κ3) is 12.6. The van der Waals surface area contributed by atoms with Gasteiger partial charge in [-0.2, -0.15) is 20.3 Å². The highest BCUT2D eigenvalue weighted by Gasteiger charge is 2.42. The zero-order chi connectivity index (χ0) is 42.1. The molecule has 2 saturated carbocycles. The molecule has 4 aromatic rings. The fourth-order valence-corrected chi connectivity index (χ4v) is 10.2. The molecular formula is C49H70N10O2. The fourth-order valence-electron chi connectivity index (χ4n) is 10.2. The molecule has 1 aliphatic heterocycles. The van der Waals surface area contributed by atoms with Crippen LogP contribution >= 0.6 is 0 Å². The number of nitriles is 2. The van der Waals surface area contributed by atoms with Crippen molar-refractivity contribution in [2.45, 2.75) is 192 Å². The Morgan fingerprint density at radius 3 is 2.23 bits per heavy atom. The summed E-state index contributed by atoms with van der Waals surface area (Å²) in [5.41, 5.74) is 3.54. The van der Waals surface area contributed by atoms with Gasteiger partial charge in [0, 0.05) is 36.3 Å². The van der Waals surface area contributed by atoms with Crippen molar-refractivity contribution in [2.75, 3.05) is 18.5 Å². The molecule has 328 valence electrons. The van der Waals surface area contributed by atoms with Gasteiger partial charge in [0.25, 0.3) is 0 Å². The first kappa shape index (κ1) is 44.7. The standard InChI is InChI=1S/C49H70N10O2/c1-38(32-50)55-43-30-46(59-48-42(35-54-59)29-41(33-51)34-53-48)52-36-44(43)58-37-45(56-57-58)49-25-22-39(24-28-61-47-21-17-18-27-60-47)19-15-13-11-9-7-5-3-2-4-6-8-10-12-14-16-20-40(31-49)23-26-49/h29-30,34-40,47H,2-28,31H2,1H3,(H,52,55)/t38-,39?,40?,47?,49?/m1/s1. The second-order valence-electron chi connectivity index (χ2n) is 18.5. The number of nitrogens with zero attached hydrogens (tertiary/aromatic N) is 9. The third-order valence-electron chi connectivity index (χ3n) is 13.9. The van der Waals surface area contributed by atoms with Gasteiger partial charge >= 0.3 is 0 Å². The second-order valence-corrected chi connectivity index (χ2v) is 18.5. The molecule has 3 aliphatic rings. The van der Waals surface area contributed by atoms with Gasteiger partial charge in [-0.25, -0.2) is 14.6 Å². The van der Waals surface area contributed by atoms with Crippen molar-refractivity contribution < 1.29 is 9.47 Å². The number of fused-ring (bicyclic) bond motifs is 3. The summed E-state index contributed by atoms with van der Waals surface area (Å²) in [7, 11) is 0. The number of anilines is 1. The van der Waals surface area contributed by atoms with Gasteiger partial charge in [-0.05, 0) is 82.6 Å². The van der Waals surface area contributed by atoms with Crippen molar-refractivity contribution in [1.29, 1.82) is 10.5 Å². The van der Waals surface area contributed by atoms with Crippen LogP contribution < -0.4 is 5.32 Å². The highest BCUT2D eigenvalue weighted by Crippen LogP contribution is 2.49. The first-order valence-electron chi connectivity index (χ1n) is 24.1. The number of hydrogen-bond acceptors (Lipinski definition) is 10. The van der Waals surface area contributed by atoms with Gasteiger partial charge in [0.1, 0.15) is 17.8 Å². The van der Waals surface area contributed by atoms with Crippen LogP contribution in [0.2, 0.25) is 0 Å². The average Bonchev–Trinajstić information content (AvgIpc) is 4.06. The predicted octanol–water partition coefficient (Wildman–Crippen LogP) is 11.6. The molecule has 7 rings (SSSR count). The second kappa shape index (κ2) is 23.2. The lowest BCUT2D eigenvalue weighted by Crippen LogP contribution is -2.26. The summed E-state index contributed by atoms with van der Waals surface area (Å²) in [6.45, 7) is 3.42. The van der Waals surface area contributed by atoms with E-state index in [9.17, 15) is 10.5 Å². The molecule has 5 atom stereocenters. The van der Waals surface area contributed by atoms with Crippen LogP contribution in [-0.4, -0.2) is 60.3 Å². The van der Waals surface area contributed by atoms with E-state index in [2.05, 4.69) is 33.7 Å². The van der Waals surface area contributed by atoms with Gasteiger partial charge < -0.3 is 14.8 Å². The molecule has 2 aliphatic carbocycles. The average molecular weight is 831 g/mol. The number of nitrogens with one attached hydrogen (secondary N) is 1. The van der Waals surface area contributed by atoms with Crippen LogP contribution in [0, 0.1) is 34.5 Å². The molecule has 0 radical (unpaired) electrons. The SMILES string of the molecule is C[C@H](C#N)Nc1cc(-n2ncc3cc(C#N)cnc32)ncc1-n1cc(C23CCC(CCOC4CCCCO4)CCCCCCCCCCCCCCCCCC(CC2)C3)nn1. The molecule has 4 aromatic heterocycles. The Balaban J connectivity index is 1.12. The van der Waals surface area contributed by atoms with Crippen molar-refractivity contribution in [3.05, 3.63) is 48.2 Å². The normalized spacial score (nSPS) is 25.0. The smallest absolute Gasteiger partial charge is 0.164 e. The summed E-state index contributed by atoms with van der Waals surface area (Å²) in [6, 6.07) is 7.65. The summed E-state index contributed by atoms with van der Waals surface area (Å²) in [6.07, 6.45) is 40.5. The van der Waals surface area contributed by atoms with Gasteiger partial charge in [-0.15, -0.1) is 5.10 Å². The maximum atomic E-state index is 9.83. The van der Waals surface area contributed by atoms with Crippen LogP contribution in [0.25, 0.3) is 22.5 Å². The molecule has 0 amide bonds. The molecule has 0 spiro atoms. The van der Waals surface area contributed by atoms with Gasteiger partial charge in [0.05, 0.1) is 41.6 Å². The van der Waals surface area contributed by atoms with E-state index in [1.165, 1.54) is 128 Å². The maximum absolute atomic E-state index is 9.83. The summed E-state index contributed by atoms with van der Waals surface area (Å²) in [5.74, 6) is 1.85.